The van der Waals surface area contributed by atoms with Gasteiger partial charge in [0.2, 0.25) is 5.88 Å². The van der Waals surface area contributed by atoms with Crippen LogP contribution in [0.25, 0.3) is 0 Å². The zero-order valence-corrected chi connectivity index (χ0v) is 11.5. The molecule has 0 saturated carbocycles. The molecule has 2 rings (SSSR count). The number of nitrogens with zero attached hydrogens (tertiary/aromatic N) is 2. The summed E-state index contributed by atoms with van der Waals surface area (Å²) in [6.45, 7) is -0.265. The first-order chi connectivity index (χ1) is 9.91. The highest BCUT2D eigenvalue weighted by Crippen LogP contribution is 2.36. The van der Waals surface area contributed by atoms with Gasteiger partial charge in [-0.15, -0.1) is 0 Å². The molecule has 0 amide bonds. The number of rotatable bonds is 7. The Hall–Kier alpha value is -1.96. The lowest BCUT2D eigenvalue weighted by molar-refractivity contribution is -0.136. The van der Waals surface area contributed by atoms with E-state index in [2.05, 4.69) is 4.98 Å². The van der Waals surface area contributed by atoms with Gasteiger partial charge >= 0.3 is 5.97 Å². The molecule has 2 heterocycles. The maximum absolute atomic E-state index is 13.0. The summed E-state index contributed by atoms with van der Waals surface area (Å²) in [7, 11) is 1.51. The van der Waals surface area contributed by atoms with Crippen LogP contribution in [0.2, 0.25) is 0 Å². The van der Waals surface area contributed by atoms with E-state index in [1.54, 1.807) is 6.07 Å². The second-order valence-electron chi connectivity index (χ2n) is 4.75. The smallest absolute Gasteiger partial charge is 0.309 e. The molecule has 8 heteroatoms. The standard InChI is InChI=1S/C13H16F2N2O4/c1-20-4-5-21-12-10(17-7-13(14,15)8-17)3-2-9(16-12)6-11(18)19/h2-3H,4-8H2,1H3,(H,18,19). The molecule has 6 nitrogen and oxygen atoms in total. The summed E-state index contributed by atoms with van der Waals surface area (Å²) in [4.78, 5) is 16.2. The second kappa shape index (κ2) is 6.21. The number of alkyl halides is 2. The van der Waals surface area contributed by atoms with Gasteiger partial charge in [-0.1, -0.05) is 0 Å². The lowest BCUT2D eigenvalue weighted by atomic mass is 10.1. The third-order valence-corrected chi connectivity index (χ3v) is 2.94. The van der Waals surface area contributed by atoms with E-state index < -0.39 is 25.0 Å². The van der Waals surface area contributed by atoms with E-state index in [-0.39, 0.29) is 18.9 Å². The van der Waals surface area contributed by atoms with Crippen molar-refractivity contribution in [3.8, 4) is 5.88 Å². The molecule has 21 heavy (non-hydrogen) atoms. The third kappa shape index (κ3) is 4.01. The van der Waals surface area contributed by atoms with E-state index in [1.807, 2.05) is 0 Å². The molecule has 0 radical (unpaired) electrons. The Morgan fingerprint density at radius 1 is 1.43 bits per heavy atom. The molecule has 0 atom stereocenters. The Morgan fingerprint density at radius 3 is 2.71 bits per heavy atom. The van der Waals surface area contributed by atoms with Crippen molar-refractivity contribution >= 4 is 11.7 Å². The Balaban J connectivity index is 2.15. The Morgan fingerprint density at radius 2 is 2.14 bits per heavy atom. The van der Waals surface area contributed by atoms with Gasteiger partial charge in [0, 0.05) is 7.11 Å². The van der Waals surface area contributed by atoms with E-state index in [1.165, 1.54) is 18.1 Å². The predicted molar refractivity (Wildman–Crippen MR) is 70.1 cm³/mol. The highest BCUT2D eigenvalue weighted by atomic mass is 19.3. The largest absolute Gasteiger partial charge is 0.481 e. The summed E-state index contributed by atoms with van der Waals surface area (Å²) in [6.07, 6.45) is -0.253. The van der Waals surface area contributed by atoms with Gasteiger partial charge < -0.3 is 19.5 Å². The van der Waals surface area contributed by atoms with Crippen molar-refractivity contribution in [2.75, 3.05) is 38.3 Å². The minimum absolute atomic E-state index is 0.154. The average molecular weight is 302 g/mol. The molecule has 1 aromatic rings. The molecule has 0 bridgehead atoms. The second-order valence-corrected chi connectivity index (χ2v) is 4.75. The highest BCUT2D eigenvalue weighted by molar-refractivity contribution is 5.70. The van der Waals surface area contributed by atoms with Crippen LogP contribution in [0.3, 0.4) is 0 Å². The van der Waals surface area contributed by atoms with Crippen molar-refractivity contribution in [1.29, 1.82) is 0 Å². The summed E-state index contributed by atoms with van der Waals surface area (Å²) in [5, 5.41) is 8.77. The lowest BCUT2D eigenvalue weighted by Crippen LogP contribution is -2.56. The van der Waals surface area contributed by atoms with Crippen LogP contribution in [-0.2, 0) is 16.0 Å². The summed E-state index contributed by atoms with van der Waals surface area (Å²) in [5.41, 5.74) is 0.747. The normalized spacial score (nSPS) is 16.4. The first kappa shape index (κ1) is 15.4. The minimum atomic E-state index is -2.70. The number of ether oxygens (including phenoxy) is 2. The molecule has 1 N–H and O–H groups in total. The van der Waals surface area contributed by atoms with E-state index in [9.17, 15) is 13.6 Å². The number of hydrogen-bond acceptors (Lipinski definition) is 5. The number of hydrogen-bond donors (Lipinski definition) is 1. The van der Waals surface area contributed by atoms with Gasteiger partial charge in [-0.2, -0.15) is 0 Å². The number of methoxy groups -OCH3 is 1. The number of aromatic nitrogens is 1. The first-order valence-corrected chi connectivity index (χ1v) is 6.37. The molecule has 0 unspecified atom stereocenters. The Kier molecular flexibility index (Phi) is 4.56. The van der Waals surface area contributed by atoms with Crippen LogP contribution in [0.1, 0.15) is 5.69 Å². The summed E-state index contributed by atoms with van der Waals surface area (Å²) in [6, 6.07) is 3.06. The zero-order valence-electron chi connectivity index (χ0n) is 11.5. The van der Waals surface area contributed by atoms with Crippen LogP contribution in [-0.4, -0.2) is 55.4 Å². The first-order valence-electron chi connectivity index (χ1n) is 6.37. The van der Waals surface area contributed by atoms with E-state index >= 15 is 0 Å². The number of anilines is 1. The van der Waals surface area contributed by atoms with Crippen LogP contribution in [0.15, 0.2) is 12.1 Å². The van der Waals surface area contributed by atoms with E-state index in [0.717, 1.165) is 0 Å². The van der Waals surface area contributed by atoms with E-state index in [0.29, 0.717) is 18.0 Å². The number of aliphatic carboxylic acids is 1. The molecule has 116 valence electrons. The Bertz CT molecular complexity index is 517. The fraction of sp³-hybridized carbons (Fsp3) is 0.538. The number of carboxylic acids is 1. The Labute approximate surface area is 120 Å². The quantitative estimate of drug-likeness (QED) is 0.763. The van der Waals surface area contributed by atoms with Crippen LogP contribution < -0.4 is 9.64 Å². The fourth-order valence-electron chi connectivity index (χ4n) is 1.98. The molecule has 1 aliphatic heterocycles. The van der Waals surface area contributed by atoms with Gasteiger partial charge in [-0.3, -0.25) is 4.79 Å². The molecule has 1 aliphatic rings. The van der Waals surface area contributed by atoms with Crippen LogP contribution in [0, 0.1) is 0 Å². The van der Waals surface area contributed by atoms with Crippen molar-refractivity contribution in [2.45, 2.75) is 12.3 Å². The van der Waals surface area contributed by atoms with Crippen LogP contribution in [0.5, 0.6) is 5.88 Å². The number of carbonyl (C=O) groups is 1. The minimum Gasteiger partial charge on any atom is -0.481 e. The topological polar surface area (TPSA) is 71.9 Å². The number of halogens is 2. The van der Waals surface area contributed by atoms with Gasteiger partial charge in [0.25, 0.3) is 5.92 Å². The molecule has 1 saturated heterocycles. The van der Waals surface area contributed by atoms with Gasteiger partial charge in [-0.05, 0) is 12.1 Å². The SMILES string of the molecule is COCCOc1nc(CC(=O)O)ccc1N1CC(F)(F)C1. The van der Waals surface area contributed by atoms with Gasteiger partial charge in [0.1, 0.15) is 12.3 Å². The maximum atomic E-state index is 13.0. The molecular formula is C13H16F2N2O4. The predicted octanol–water partition coefficient (Wildman–Crippen LogP) is 1.19. The van der Waals surface area contributed by atoms with Crippen molar-refractivity contribution in [2.24, 2.45) is 0 Å². The zero-order chi connectivity index (χ0) is 15.5. The lowest BCUT2D eigenvalue weighted by Gasteiger charge is -2.40. The fourth-order valence-corrected chi connectivity index (χ4v) is 1.98. The van der Waals surface area contributed by atoms with E-state index in [4.69, 9.17) is 14.6 Å². The summed E-state index contributed by atoms with van der Waals surface area (Å²) in [5.74, 6) is -3.57. The monoisotopic (exact) mass is 302 g/mol. The van der Waals surface area contributed by atoms with Gasteiger partial charge in [-0.25, -0.2) is 13.8 Å². The third-order valence-electron chi connectivity index (χ3n) is 2.94. The van der Waals surface area contributed by atoms with Crippen molar-refractivity contribution in [1.82, 2.24) is 4.98 Å². The highest BCUT2D eigenvalue weighted by Gasteiger charge is 2.45. The summed E-state index contributed by atoms with van der Waals surface area (Å²) < 4.78 is 36.2. The van der Waals surface area contributed by atoms with Gasteiger partial charge in [0.05, 0.1) is 31.8 Å². The number of pyridine rings is 1. The molecule has 0 aromatic carbocycles. The molecule has 0 aliphatic carbocycles. The van der Waals surface area contributed by atoms with Crippen molar-refractivity contribution in [3.63, 3.8) is 0 Å². The van der Waals surface area contributed by atoms with Crippen molar-refractivity contribution in [3.05, 3.63) is 17.8 Å². The maximum Gasteiger partial charge on any atom is 0.309 e. The van der Waals surface area contributed by atoms with Gasteiger partial charge in [0.15, 0.2) is 0 Å². The molecule has 1 fully saturated rings. The number of carboxylic acid groups (broad SMARTS) is 1. The molecule has 1 aromatic heterocycles. The summed E-state index contributed by atoms with van der Waals surface area (Å²) >= 11 is 0. The van der Waals surface area contributed by atoms with Crippen LogP contribution in [0.4, 0.5) is 14.5 Å². The molecular weight excluding hydrogens is 286 g/mol. The van der Waals surface area contributed by atoms with Crippen molar-refractivity contribution < 1.29 is 28.2 Å². The molecule has 0 spiro atoms. The van der Waals surface area contributed by atoms with Crippen LogP contribution >= 0.6 is 0 Å². The average Bonchev–Trinajstić information content (AvgIpc) is 2.36.